The van der Waals surface area contributed by atoms with Crippen LogP contribution in [0.25, 0.3) is 0 Å². The summed E-state index contributed by atoms with van der Waals surface area (Å²) in [5.41, 5.74) is 1.44. The van der Waals surface area contributed by atoms with Crippen LogP contribution in [0.1, 0.15) is 26.3 Å². The smallest absolute Gasteiger partial charge is 0.256 e. The fourth-order valence-electron chi connectivity index (χ4n) is 3.22. The van der Waals surface area contributed by atoms with E-state index in [0.29, 0.717) is 27.5 Å². The lowest BCUT2D eigenvalue weighted by molar-refractivity contribution is 0.0948. The first-order chi connectivity index (χ1) is 15.2. The monoisotopic (exact) mass is 471 g/mol. The molecule has 164 valence electrons. The molecule has 0 aromatic heterocycles. The molecule has 1 heterocycles. The van der Waals surface area contributed by atoms with Crippen LogP contribution >= 0.6 is 11.8 Å². The average Bonchev–Trinajstić information content (AvgIpc) is 2.88. The summed E-state index contributed by atoms with van der Waals surface area (Å²) in [6.45, 7) is 0.205. The van der Waals surface area contributed by atoms with E-state index in [0.717, 1.165) is 5.56 Å². The molecular weight excluding hydrogens is 453 g/mol. The maximum Gasteiger partial charge on any atom is 0.256 e. The van der Waals surface area contributed by atoms with E-state index in [2.05, 4.69) is 10.6 Å². The fraction of sp³-hybridized carbons (Fsp3) is 0.0909. The van der Waals surface area contributed by atoms with Crippen LogP contribution in [0.5, 0.6) is 0 Å². The molecule has 3 aromatic carbocycles. The molecule has 0 atom stereocenters. The largest absolute Gasteiger partial charge is 0.352 e. The van der Waals surface area contributed by atoms with Crippen LogP contribution in [0.15, 0.2) is 75.4 Å². The van der Waals surface area contributed by atoms with Crippen LogP contribution in [0.3, 0.4) is 0 Å². The van der Waals surface area contributed by atoms with Gasteiger partial charge < -0.3 is 10.6 Å². The van der Waals surface area contributed by atoms with Crippen molar-refractivity contribution in [2.24, 2.45) is 5.14 Å². The predicted molar refractivity (Wildman–Crippen MR) is 119 cm³/mol. The molecule has 32 heavy (non-hydrogen) atoms. The molecule has 0 radical (unpaired) electrons. The first kappa shape index (κ1) is 22.0. The Morgan fingerprint density at radius 3 is 2.50 bits per heavy atom. The minimum absolute atomic E-state index is 0.000554. The molecule has 0 saturated heterocycles. The van der Waals surface area contributed by atoms with E-state index in [1.165, 1.54) is 36.0 Å². The summed E-state index contributed by atoms with van der Waals surface area (Å²) in [6, 6.07) is 15.5. The number of carbonyl (C=O) groups is 2. The van der Waals surface area contributed by atoms with Crippen molar-refractivity contribution in [3.63, 3.8) is 0 Å². The van der Waals surface area contributed by atoms with E-state index in [9.17, 15) is 22.4 Å². The number of amides is 2. The van der Waals surface area contributed by atoms with Crippen LogP contribution in [-0.4, -0.2) is 26.8 Å². The first-order valence-electron chi connectivity index (χ1n) is 9.54. The Hall–Kier alpha value is -3.21. The van der Waals surface area contributed by atoms with Gasteiger partial charge in [0.05, 0.1) is 21.7 Å². The van der Waals surface area contributed by atoms with Gasteiger partial charge in [0.2, 0.25) is 10.0 Å². The fourth-order valence-corrected chi connectivity index (χ4v) is 4.78. The minimum Gasteiger partial charge on any atom is -0.352 e. The van der Waals surface area contributed by atoms with Gasteiger partial charge in [-0.05, 0) is 48.4 Å². The molecule has 0 saturated carbocycles. The molecule has 3 aromatic rings. The number of nitrogens with one attached hydrogen (secondary N) is 2. The van der Waals surface area contributed by atoms with E-state index in [-0.39, 0.29) is 22.9 Å². The normalized spacial score (nSPS) is 12.9. The number of nitrogens with two attached hydrogens (primary N) is 1. The molecule has 4 rings (SSSR count). The Labute approximate surface area is 188 Å². The molecule has 1 aliphatic rings. The molecule has 1 aliphatic heterocycles. The van der Waals surface area contributed by atoms with Gasteiger partial charge in [0.1, 0.15) is 5.82 Å². The second kappa shape index (κ2) is 8.73. The molecule has 0 spiro atoms. The quantitative estimate of drug-likeness (QED) is 0.528. The third kappa shape index (κ3) is 4.67. The SMILES string of the molecule is NS(=O)(=O)c1ccc(CCNC(=O)c2cc3c(cc2F)Sc2ccccc2C(=O)N3)cc1. The molecule has 0 unspecified atom stereocenters. The van der Waals surface area contributed by atoms with Crippen molar-refractivity contribution in [2.45, 2.75) is 21.1 Å². The van der Waals surface area contributed by atoms with Gasteiger partial charge in [-0.2, -0.15) is 0 Å². The molecule has 7 nitrogen and oxygen atoms in total. The second-order valence-corrected chi connectivity index (χ2v) is 9.72. The number of rotatable bonds is 5. The number of benzene rings is 3. The highest BCUT2D eigenvalue weighted by Gasteiger charge is 2.23. The number of primary sulfonamides is 1. The summed E-state index contributed by atoms with van der Waals surface area (Å²) in [5, 5.41) is 10.4. The van der Waals surface area contributed by atoms with Gasteiger partial charge >= 0.3 is 0 Å². The van der Waals surface area contributed by atoms with Gasteiger partial charge in [-0.25, -0.2) is 17.9 Å². The lowest BCUT2D eigenvalue weighted by Gasteiger charge is -2.11. The Morgan fingerprint density at radius 2 is 1.78 bits per heavy atom. The molecule has 0 bridgehead atoms. The zero-order valence-electron chi connectivity index (χ0n) is 16.6. The molecule has 4 N–H and O–H groups in total. The predicted octanol–water partition coefficient (Wildman–Crippen LogP) is 3.16. The molecule has 0 fully saturated rings. The summed E-state index contributed by atoms with van der Waals surface area (Å²) in [6.07, 6.45) is 0.408. The first-order valence-corrected chi connectivity index (χ1v) is 11.9. The Kier molecular flexibility index (Phi) is 6.00. The summed E-state index contributed by atoms with van der Waals surface area (Å²) >= 11 is 1.25. The van der Waals surface area contributed by atoms with Gasteiger partial charge in [-0.1, -0.05) is 36.0 Å². The maximum absolute atomic E-state index is 14.7. The van der Waals surface area contributed by atoms with Crippen LogP contribution in [0.2, 0.25) is 0 Å². The topological polar surface area (TPSA) is 118 Å². The standard InChI is InChI=1S/C22H18FN3O4S2/c23-17-12-20-18(26-22(28)15-3-1-2-4-19(15)31-20)11-16(17)21(27)25-10-9-13-5-7-14(8-6-13)32(24,29)30/h1-8,11-12H,9-10H2,(H,25,27)(H,26,28)(H2,24,29,30). The number of anilines is 1. The maximum atomic E-state index is 14.7. The number of hydrogen-bond donors (Lipinski definition) is 3. The Bertz CT molecular complexity index is 1330. The highest BCUT2D eigenvalue weighted by molar-refractivity contribution is 7.99. The van der Waals surface area contributed by atoms with Crippen LogP contribution in [0, 0.1) is 5.82 Å². The average molecular weight is 472 g/mol. The molecule has 10 heteroatoms. The highest BCUT2D eigenvalue weighted by Crippen LogP contribution is 2.39. The third-order valence-electron chi connectivity index (χ3n) is 4.86. The van der Waals surface area contributed by atoms with Gasteiger partial charge in [-0.15, -0.1) is 0 Å². The van der Waals surface area contributed by atoms with Gasteiger partial charge in [0.15, 0.2) is 0 Å². The van der Waals surface area contributed by atoms with Crippen molar-refractivity contribution in [3.05, 3.63) is 83.2 Å². The zero-order chi connectivity index (χ0) is 22.9. The zero-order valence-corrected chi connectivity index (χ0v) is 18.2. The van der Waals surface area contributed by atoms with Crippen LogP contribution in [-0.2, 0) is 16.4 Å². The second-order valence-electron chi connectivity index (χ2n) is 7.08. The number of halogens is 1. The van der Waals surface area contributed by atoms with Crippen LogP contribution in [0.4, 0.5) is 10.1 Å². The van der Waals surface area contributed by atoms with Gasteiger partial charge in [0.25, 0.3) is 11.8 Å². The number of hydrogen-bond acceptors (Lipinski definition) is 5. The molecule has 0 aliphatic carbocycles. The van der Waals surface area contributed by atoms with Crippen molar-refractivity contribution in [1.29, 1.82) is 0 Å². The molecule has 2 amide bonds. The van der Waals surface area contributed by atoms with E-state index >= 15 is 0 Å². The number of fused-ring (bicyclic) bond motifs is 2. The summed E-state index contributed by atoms with van der Waals surface area (Å²) in [4.78, 5) is 26.2. The van der Waals surface area contributed by atoms with E-state index in [1.54, 1.807) is 36.4 Å². The lowest BCUT2D eigenvalue weighted by atomic mass is 10.1. The van der Waals surface area contributed by atoms with Crippen molar-refractivity contribution < 1.29 is 22.4 Å². The van der Waals surface area contributed by atoms with E-state index in [1.807, 2.05) is 0 Å². The van der Waals surface area contributed by atoms with Crippen molar-refractivity contribution in [2.75, 3.05) is 11.9 Å². The summed E-state index contributed by atoms with van der Waals surface area (Å²) in [5.74, 6) is -1.64. The van der Waals surface area contributed by atoms with Crippen molar-refractivity contribution in [1.82, 2.24) is 5.32 Å². The Balaban J connectivity index is 1.46. The Morgan fingerprint density at radius 1 is 1.06 bits per heavy atom. The number of carbonyl (C=O) groups excluding carboxylic acids is 2. The summed E-state index contributed by atoms with van der Waals surface area (Å²) < 4.78 is 37.3. The van der Waals surface area contributed by atoms with E-state index < -0.39 is 21.7 Å². The highest BCUT2D eigenvalue weighted by atomic mass is 32.2. The summed E-state index contributed by atoms with van der Waals surface area (Å²) in [7, 11) is -3.77. The van der Waals surface area contributed by atoms with Gasteiger partial charge in [0, 0.05) is 16.3 Å². The third-order valence-corrected chi connectivity index (χ3v) is 6.93. The van der Waals surface area contributed by atoms with Crippen molar-refractivity contribution in [3.8, 4) is 0 Å². The molecular formula is C22H18FN3O4S2. The number of sulfonamides is 1. The van der Waals surface area contributed by atoms with Crippen molar-refractivity contribution >= 4 is 39.3 Å². The lowest BCUT2D eigenvalue weighted by Crippen LogP contribution is -2.27. The van der Waals surface area contributed by atoms with Gasteiger partial charge in [-0.3, -0.25) is 9.59 Å². The van der Waals surface area contributed by atoms with E-state index in [4.69, 9.17) is 5.14 Å². The van der Waals surface area contributed by atoms with Crippen LogP contribution < -0.4 is 15.8 Å². The minimum atomic E-state index is -3.77.